The summed E-state index contributed by atoms with van der Waals surface area (Å²) in [5, 5.41) is 3.41. The van der Waals surface area contributed by atoms with E-state index >= 15 is 0 Å². The summed E-state index contributed by atoms with van der Waals surface area (Å²) in [5.41, 5.74) is 2.25. The molecule has 2 aromatic heterocycles. The van der Waals surface area contributed by atoms with Crippen LogP contribution >= 0.6 is 15.9 Å². The van der Waals surface area contributed by atoms with Crippen LogP contribution in [0.3, 0.4) is 0 Å². The molecular formula is C12H12BrN3. The molecule has 0 fully saturated rings. The number of pyridine rings is 2. The fourth-order valence-electron chi connectivity index (χ4n) is 1.46. The minimum absolute atomic E-state index is 0.238. The third kappa shape index (κ3) is 2.58. The summed E-state index contributed by atoms with van der Waals surface area (Å²) in [6.07, 6.45) is 7.15. The van der Waals surface area contributed by atoms with Gasteiger partial charge in [0.25, 0.3) is 0 Å². The van der Waals surface area contributed by atoms with E-state index in [0.717, 1.165) is 10.2 Å². The molecule has 2 rings (SSSR count). The van der Waals surface area contributed by atoms with Gasteiger partial charge in [-0.15, -0.1) is 0 Å². The first-order valence-corrected chi connectivity index (χ1v) is 5.82. The molecule has 0 aliphatic rings. The molecule has 82 valence electrons. The first kappa shape index (κ1) is 11.1. The maximum atomic E-state index is 4.03. The Morgan fingerprint density at radius 1 is 1.12 bits per heavy atom. The molecule has 0 saturated heterocycles. The standard InChI is InChI=1S/C12H12BrN3/c1-9(10-2-5-14-6-3-10)16-12-4-7-15-8-11(12)13/h2-9H,1H3,(H,15,16). The number of nitrogens with one attached hydrogen (secondary N) is 1. The van der Waals surface area contributed by atoms with Crippen LogP contribution in [-0.4, -0.2) is 9.97 Å². The largest absolute Gasteiger partial charge is 0.378 e. The first-order valence-electron chi connectivity index (χ1n) is 5.03. The minimum atomic E-state index is 0.238. The number of rotatable bonds is 3. The summed E-state index contributed by atoms with van der Waals surface area (Å²) in [7, 11) is 0. The van der Waals surface area contributed by atoms with E-state index in [4.69, 9.17) is 0 Å². The summed E-state index contributed by atoms with van der Waals surface area (Å²) in [5.74, 6) is 0. The topological polar surface area (TPSA) is 37.8 Å². The van der Waals surface area contributed by atoms with E-state index in [2.05, 4.69) is 38.1 Å². The van der Waals surface area contributed by atoms with Crippen LogP contribution < -0.4 is 5.32 Å². The molecule has 4 heteroatoms. The smallest absolute Gasteiger partial charge is 0.0590 e. The maximum Gasteiger partial charge on any atom is 0.0590 e. The van der Waals surface area contributed by atoms with Crippen LogP contribution in [0, 0.1) is 0 Å². The van der Waals surface area contributed by atoms with Crippen LogP contribution in [0.25, 0.3) is 0 Å². The molecule has 0 amide bonds. The summed E-state index contributed by atoms with van der Waals surface area (Å²) in [6.45, 7) is 2.11. The lowest BCUT2D eigenvalue weighted by Gasteiger charge is -2.16. The average Bonchev–Trinajstić information content (AvgIpc) is 2.33. The SMILES string of the molecule is CC(Nc1ccncc1Br)c1ccncc1. The van der Waals surface area contributed by atoms with Gasteiger partial charge < -0.3 is 5.32 Å². The Morgan fingerprint density at radius 2 is 1.81 bits per heavy atom. The number of nitrogens with zero attached hydrogens (tertiary/aromatic N) is 2. The first-order chi connectivity index (χ1) is 7.77. The quantitative estimate of drug-likeness (QED) is 0.934. The Bertz CT molecular complexity index is 459. The number of anilines is 1. The third-order valence-corrected chi connectivity index (χ3v) is 2.98. The number of aromatic nitrogens is 2. The van der Waals surface area contributed by atoms with E-state index in [0.29, 0.717) is 0 Å². The van der Waals surface area contributed by atoms with E-state index in [9.17, 15) is 0 Å². The molecular weight excluding hydrogens is 266 g/mol. The van der Waals surface area contributed by atoms with Gasteiger partial charge in [-0.2, -0.15) is 0 Å². The number of halogens is 1. The van der Waals surface area contributed by atoms with Crippen LogP contribution in [0.1, 0.15) is 18.5 Å². The van der Waals surface area contributed by atoms with Crippen molar-refractivity contribution in [3.8, 4) is 0 Å². The second kappa shape index (κ2) is 5.07. The Hall–Kier alpha value is -1.42. The number of hydrogen-bond acceptors (Lipinski definition) is 3. The van der Waals surface area contributed by atoms with Gasteiger partial charge in [0.2, 0.25) is 0 Å². The molecule has 1 atom stereocenters. The van der Waals surface area contributed by atoms with Gasteiger partial charge in [0, 0.05) is 30.8 Å². The number of hydrogen-bond donors (Lipinski definition) is 1. The fourth-order valence-corrected chi connectivity index (χ4v) is 1.83. The van der Waals surface area contributed by atoms with E-state index in [1.54, 1.807) is 24.8 Å². The summed E-state index contributed by atoms with van der Waals surface area (Å²) in [4.78, 5) is 8.03. The predicted octanol–water partition coefficient (Wildman–Crippen LogP) is 3.41. The second-order valence-corrected chi connectivity index (χ2v) is 4.36. The van der Waals surface area contributed by atoms with Gasteiger partial charge >= 0.3 is 0 Å². The normalized spacial score (nSPS) is 12.1. The molecule has 0 aliphatic carbocycles. The van der Waals surface area contributed by atoms with Gasteiger partial charge in [-0.1, -0.05) is 0 Å². The van der Waals surface area contributed by atoms with Crippen molar-refractivity contribution >= 4 is 21.6 Å². The Kier molecular flexibility index (Phi) is 3.51. The van der Waals surface area contributed by atoms with E-state index in [1.807, 2.05) is 18.2 Å². The summed E-state index contributed by atoms with van der Waals surface area (Å²) >= 11 is 3.46. The van der Waals surface area contributed by atoms with Gasteiger partial charge in [0.05, 0.1) is 10.2 Å². The van der Waals surface area contributed by atoms with Crippen molar-refractivity contribution in [3.05, 3.63) is 53.0 Å². The molecule has 2 aromatic rings. The van der Waals surface area contributed by atoms with Gasteiger partial charge in [-0.25, -0.2) is 0 Å². The second-order valence-electron chi connectivity index (χ2n) is 3.50. The molecule has 0 bridgehead atoms. The van der Waals surface area contributed by atoms with E-state index < -0.39 is 0 Å². The van der Waals surface area contributed by atoms with Gasteiger partial charge in [0.15, 0.2) is 0 Å². The molecule has 0 spiro atoms. The lowest BCUT2D eigenvalue weighted by Crippen LogP contribution is -2.07. The molecule has 1 unspecified atom stereocenters. The van der Waals surface area contributed by atoms with Crippen molar-refractivity contribution < 1.29 is 0 Å². The Balaban J connectivity index is 2.14. The van der Waals surface area contributed by atoms with Crippen LogP contribution in [0.4, 0.5) is 5.69 Å². The average molecular weight is 278 g/mol. The van der Waals surface area contributed by atoms with Crippen molar-refractivity contribution in [2.24, 2.45) is 0 Å². The molecule has 16 heavy (non-hydrogen) atoms. The van der Waals surface area contributed by atoms with Crippen molar-refractivity contribution in [1.82, 2.24) is 9.97 Å². The van der Waals surface area contributed by atoms with Crippen LogP contribution in [0.2, 0.25) is 0 Å². The van der Waals surface area contributed by atoms with E-state index in [-0.39, 0.29) is 6.04 Å². The zero-order valence-electron chi connectivity index (χ0n) is 8.89. The Labute approximate surface area is 103 Å². The molecule has 0 aromatic carbocycles. The molecule has 2 heterocycles. The van der Waals surface area contributed by atoms with Crippen LogP contribution in [0.5, 0.6) is 0 Å². The highest BCUT2D eigenvalue weighted by atomic mass is 79.9. The highest BCUT2D eigenvalue weighted by Crippen LogP contribution is 2.24. The molecule has 1 N–H and O–H groups in total. The maximum absolute atomic E-state index is 4.03. The van der Waals surface area contributed by atoms with Gasteiger partial charge in [0.1, 0.15) is 0 Å². The zero-order valence-corrected chi connectivity index (χ0v) is 10.5. The predicted molar refractivity (Wildman–Crippen MR) is 68.2 cm³/mol. The summed E-state index contributed by atoms with van der Waals surface area (Å²) < 4.78 is 0.968. The minimum Gasteiger partial charge on any atom is -0.378 e. The van der Waals surface area contributed by atoms with Crippen LogP contribution in [0.15, 0.2) is 47.5 Å². The van der Waals surface area contributed by atoms with Gasteiger partial charge in [-0.05, 0) is 46.6 Å². The van der Waals surface area contributed by atoms with E-state index in [1.165, 1.54) is 5.56 Å². The lowest BCUT2D eigenvalue weighted by atomic mass is 10.1. The zero-order chi connectivity index (χ0) is 11.4. The highest BCUT2D eigenvalue weighted by Gasteiger charge is 2.06. The van der Waals surface area contributed by atoms with Crippen molar-refractivity contribution in [2.75, 3.05) is 5.32 Å². The van der Waals surface area contributed by atoms with Crippen molar-refractivity contribution in [2.45, 2.75) is 13.0 Å². The van der Waals surface area contributed by atoms with Crippen molar-refractivity contribution in [3.63, 3.8) is 0 Å². The molecule has 0 aliphatic heterocycles. The van der Waals surface area contributed by atoms with Crippen molar-refractivity contribution in [1.29, 1.82) is 0 Å². The Morgan fingerprint density at radius 3 is 2.50 bits per heavy atom. The lowest BCUT2D eigenvalue weighted by molar-refractivity contribution is 0.878. The monoisotopic (exact) mass is 277 g/mol. The summed E-state index contributed by atoms with van der Waals surface area (Å²) in [6, 6.07) is 6.20. The van der Waals surface area contributed by atoms with Gasteiger partial charge in [-0.3, -0.25) is 9.97 Å². The third-order valence-electron chi connectivity index (χ3n) is 2.35. The highest BCUT2D eigenvalue weighted by molar-refractivity contribution is 9.10. The molecule has 3 nitrogen and oxygen atoms in total. The molecule has 0 radical (unpaired) electrons. The van der Waals surface area contributed by atoms with Crippen LogP contribution in [-0.2, 0) is 0 Å². The fraction of sp³-hybridized carbons (Fsp3) is 0.167. The molecule has 0 saturated carbocycles.